The van der Waals surface area contributed by atoms with Crippen molar-refractivity contribution in [2.24, 2.45) is 5.73 Å². The molecule has 4 saturated heterocycles. The van der Waals surface area contributed by atoms with Gasteiger partial charge in [-0.15, -0.1) is 0 Å². The summed E-state index contributed by atoms with van der Waals surface area (Å²) in [6.07, 6.45) is 6.62. The number of rotatable bonds is 10. The summed E-state index contributed by atoms with van der Waals surface area (Å²) in [5, 5.41) is 0. The largest absolute Gasteiger partial charge is 0.368 e. The second-order valence-corrected chi connectivity index (χ2v) is 12.5. The van der Waals surface area contributed by atoms with Crippen molar-refractivity contribution in [2.75, 3.05) is 65.2 Å². The van der Waals surface area contributed by atoms with E-state index in [4.69, 9.17) is 10.5 Å². The summed E-state index contributed by atoms with van der Waals surface area (Å²) < 4.78 is 32.7. The number of hydrogen-bond donors (Lipinski definition) is 1. The minimum absolute atomic E-state index is 0.0746. The fourth-order valence-electron chi connectivity index (χ4n) is 6.20. The number of amides is 2. The number of hydrogen-bond acceptors (Lipinski definition) is 7. The normalized spacial score (nSPS) is 30.8. The van der Waals surface area contributed by atoms with Crippen molar-refractivity contribution in [3.05, 3.63) is 0 Å². The summed E-state index contributed by atoms with van der Waals surface area (Å²) in [4.78, 5) is 31.0. The maximum Gasteiger partial charge on any atom is 0.251 e. The molecule has 10 nitrogen and oxygen atoms in total. The number of nitrogens with zero attached hydrogens (tertiary/aromatic N) is 4. The number of piperidine rings is 1. The first kappa shape index (κ1) is 25.8. The van der Waals surface area contributed by atoms with Gasteiger partial charge < -0.3 is 15.4 Å². The van der Waals surface area contributed by atoms with Crippen LogP contribution in [0.1, 0.15) is 51.4 Å². The molecule has 34 heavy (non-hydrogen) atoms. The van der Waals surface area contributed by atoms with Crippen LogP contribution in [0.5, 0.6) is 0 Å². The van der Waals surface area contributed by atoms with Crippen molar-refractivity contribution in [1.29, 1.82) is 0 Å². The maximum atomic E-state index is 12.9. The smallest absolute Gasteiger partial charge is 0.251 e. The second-order valence-electron chi connectivity index (χ2n) is 10.3. The summed E-state index contributed by atoms with van der Waals surface area (Å²) in [7, 11) is -1.73. The van der Waals surface area contributed by atoms with Crippen molar-refractivity contribution in [3.63, 3.8) is 0 Å². The summed E-state index contributed by atoms with van der Waals surface area (Å²) >= 11 is 0. The molecule has 0 spiro atoms. The van der Waals surface area contributed by atoms with Crippen LogP contribution in [-0.4, -0.2) is 122 Å². The van der Waals surface area contributed by atoms with Crippen LogP contribution < -0.4 is 5.73 Å². The van der Waals surface area contributed by atoms with Crippen LogP contribution in [0.4, 0.5) is 0 Å². The average molecular weight is 500 g/mol. The molecule has 0 aromatic carbocycles. The van der Waals surface area contributed by atoms with Gasteiger partial charge in [0.15, 0.2) is 0 Å². The summed E-state index contributed by atoms with van der Waals surface area (Å²) in [5.41, 5.74) is 5.20. The van der Waals surface area contributed by atoms with Crippen molar-refractivity contribution in [3.8, 4) is 0 Å². The SMILES string of the molecule is CN(CCN1CCN(C(=O)C2CCCO2)CC1)S(=O)(=O)CCCN1[C@@H]2CCC[C@@]1(C(N)=O)CC2. The third-order valence-electron chi connectivity index (χ3n) is 8.36. The van der Waals surface area contributed by atoms with E-state index in [0.717, 1.165) is 58.0 Å². The second kappa shape index (κ2) is 10.8. The predicted molar refractivity (Wildman–Crippen MR) is 129 cm³/mol. The fraction of sp³-hybridized carbons (Fsp3) is 0.913. The quantitative estimate of drug-likeness (QED) is 0.444. The first-order chi connectivity index (χ1) is 16.2. The topological polar surface area (TPSA) is 116 Å². The Morgan fingerprint density at radius 1 is 1.06 bits per heavy atom. The van der Waals surface area contributed by atoms with Gasteiger partial charge in [-0.25, -0.2) is 12.7 Å². The minimum atomic E-state index is -3.37. The van der Waals surface area contributed by atoms with E-state index in [1.54, 1.807) is 7.05 Å². The highest BCUT2D eigenvalue weighted by atomic mass is 32.2. The Hall–Kier alpha value is -1.27. The van der Waals surface area contributed by atoms with Gasteiger partial charge in [0.25, 0.3) is 5.91 Å². The number of primary amides is 1. The lowest BCUT2D eigenvalue weighted by atomic mass is 9.87. The van der Waals surface area contributed by atoms with Gasteiger partial charge in [0.1, 0.15) is 11.6 Å². The molecule has 0 radical (unpaired) electrons. The van der Waals surface area contributed by atoms with Gasteiger partial charge in [0.05, 0.1) is 5.75 Å². The summed E-state index contributed by atoms with van der Waals surface area (Å²) in [6.45, 7) is 5.16. The minimum Gasteiger partial charge on any atom is -0.368 e. The van der Waals surface area contributed by atoms with Crippen molar-refractivity contribution >= 4 is 21.8 Å². The molecule has 3 atom stereocenters. The maximum absolute atomic E-state index is 12.9. The Morgan fingerprint density at radius 2 is 1.82 bits per heavy atom. The van der Waals surface area contributed by atoms with E-state index >= 15 is 0 Å². The molecule has 2 N–H and O–H groups in total. The molecule has 4 heterocycles. The van der Waals surface area contributed by atoms with Gasteiger partial charge in [0, 0.05) is 65.5 Å². The molecule has 0 aromatic heterocycles. The van der Waals surface area contributed by atoms with Gasteiger partial charge in [-0.2, -0.15) is 0 Å². The Balaban J connectivity index is 1.18. The number of ether oxygens (including phenoxy) is 1. The van der Waals surface area contributed by atoms with E-state index in [1.807, 2.05) is 4.90 Å². The molecule has 2 amide bonds. The number of carbonyl (C=O) groups is 2. The van der Waals surface area contributed by atoms with Crippen LogP contribution in [0.2, 0.25) is 0 Å². The molecule has 194 valence electrons. The number of fused-ring (bicyclic) bond motifs is 2. The Labute approximate surface area is 203 Å². The zero-order valence-electron chi connectivity index (χ0n) is 20.5. The molecule has 11 heteroatoms. The number of piperazine rings is 1. The Kier molecular flexibility index (Phi) is 8.18. The first-order valence-corrected chi connectivity index (χ1v) is 14.5. The molecular weight excluding hydrogens is 458 g/mol. The van der Waals surface area contributed by atoms with Gasteiger partial charge in [-0.3, -0.25) is 19.4 Å². The van der Waals surface area contributed by atoms with Gasteiger partial charge in [-0.05, 0) is 51.4 Å². The monoisotopic (exact) mass is 499 g/mol. The van der Waals surface area contributed by atoms with E-state index in [1.165, 1.54) is 4.31 Å². The van der Waals surface area contributed by atoms with Gasteiger partial charge in [-0.1, -0.05) is 0 Å². The highest BCUT2D eigenvalue weighted by Gasteiger charge is 2.52. The van der Waals surface area contributed by atoms with E-state index in [0.29, 0.717) is 51.8 Å². The molecule has 1 unspecified atom stereocenters. The lowest BCUT2D eigenvalue weighted by molar-refractivity contribution is -0.142. The fourth-order valence-corrected chi connectivity index (χ4v) is 7.37. The molecule has 2 bridgehead atoms. The third kappa shape index (κ3) is 5.43. The molecular formula is C23H41N5O5S. The van der Waals surface area contributed by atoms with Gasteiger partial charge in [0.2, 0.25) is 15.9 Å². The zero-order chi connectivity index (χ0) is 24.3. The Bertz CT molecular complexity index is 837. The van der Waals surface area contributed by atoms with Crippen LogP contribution in [0, 0.1) is 0 Å². The molecule has 0 aromatic rings. The van der Waals surface area contributed by atoms with Crippen LogP contribution in [0.25, 0.3) is 0 Å². The van der Waals surface area contributed by atoms with Crippen LogP contribution >= 0.6 is 0 Å². The highest BCUT2D eigenvalue weighted by molar-refractivity contribution is 7.89. The van der Waals surface area contributed by atoms with E-state index in [-0.39, 0.29) is 23.7 Å². The number of nitrogens with two attached hydrogens (primary N) is 1. The zero-order valence-corrected chi connectivity index (χ0v) is 21.3. The lowest BCUT2D eigenvalue weighted by Gasteiger charge is -2.42. The predicted octanol–water partition coefficient (Wildman–Crippen LogP) is -0.166. The molecule has 4 rings (SSSR count). The first-order valence-electron chi connectivity index (χ1n) is 12.9. The molecule has 0 saturated carbocycles. The van der Waals surface area contributed by atoms with Crippen molar-refractivity contribution < 1.29 is 22.7 Å². The standard InChI is InChI=1S/C23H41N5O5S/c1-25(11-12-26-13-15-27(16-14-26)21(29)20-6-3-17-33-20)34(31,32)18-4-10-28-19-5-2-8-23(28,9-7-19)22(24)30/h19-20H,2-18H2,1H3,(H2,24,30)/t19-,20?,23+/m1/s1. The number of likely N-dealkylation sites (N-methyl/N-ethyl adjacent to an activating group) is 1. The summed E-state index contributed by atoms with van der Waals surface area (Å²) in [6, 6.07) is 0.354. The molecule has 4 aliphatic heterocycles. The molecule has 4 aliphatic rings. The third-order valence-corrected chi connectivity index (χ3v) is 10.3. The van der Waals surface area contributed by atoms with Crippen molar-refractivity contribution in [2.45, 2.75) is 69.1 Å². The lowest BCUT2D eigenvalue weighted by Crippen LogP contribution is -2.58. The van der Waals surface area contributed by atoms with E-state index in [2.05, 4.69) is 9.80 Å². The van der Waals surface area contributed by atoms with Gasteiger partial charge >= 0.3 is 0 Å². The molecule has 4 fully saturated rings. The van der Waals surface area contributed by atoms with E-state index in [9.17, 15) is 18.0 Å². The van der Waals surface area contributed by atoms with Crippen LogP contribution in [-0.2, 0) is 24.3 Å². The average Bonchev–Trinajstić information content (AvgIpc) is 3.42. The van der Waals surface area contributed by atoms with E-state index < -0.39 is 15.6 Å². The van der Waals surface area contributed by atoms with Crippen LogP contribution in [0.15, 0.2) is 0 Å². The number of sulfonamides is 1. The van der Waals surface area contributed by atoms with Crippen LogP contribution in [0.3, 0.4) is 0 Å². The van der Waals surface area contributed by atoms with Crippen molar-refractivity contribution in [1.82, 2.24) is 19.0 Å². The Morgan fingerprint density at radius 3 is 2.50 bits per heavy atom. The molecule has 0 aliphatic carbocycles. The number of carbonyl (C=O) groups excluding carboxylic acids is 2. The highest BCUT2D eigenvalue weighted by Crippen LogP contribution is 2.43. The summed E-state index contributed by atoms with van der Waals surface area (Å²) in [5.74, 6) is -0.0880.